The molecule has 29 heavy (non-hydrogen) atoms. The number of methoxy groups -OCH3 is 1. The van der Waals surface area contributed by atoms with Crippen molar-refractivity contribution in [2.45, 2.75) is 19.4 Å². The third-order valence-electron chi connectivity index (χ3n) is 5.39. The molecule has 0 unspecified atom stereocenters. The highest BCUT2D eigenvalue weighted by Crippen LogP contribution is 2.25. The van der Waals surface area contributed by atoms with Gasteiger partial charge in [0.1, 0.15) is 5.75 Å². The van der Waals surface area contributed by atoms with Crippen molar-refractivity contribution in [1.29, 1.82) is 0 Å². The van der Waals surface area contributed by atoms with Crippen LogP contribution >= 0.6 is 0 Å². The molecule has 2 aromatic heterocycles. The Kier molecular flexibility index (Phi) is 5.62. The molecule has 4 rings (SSSR count). The van der Waals surface area contributed by atoms with Crippen LogP contribution in [0, 0.1) is 5.92 Å². The number of anilines is 1. The van der Waals surface area contributed by atoms with E-state index in [2.05, 4.69) is 15.2 Å². The Hall–Kier alpha value is -3.13. The van der Waals surface area contributed by atoms with Gasteiger partial charge in [-0.05, 0) is 50.2 Å². The summed E-state index contributed by atoms with van der Waals surface area (Å²) in [6, 6.07) is 10.9. The molecule has 1 fully saturated rings. The Morgan fingerprint density at radius 1 is 1.21 bits per heavy atom. The summed E-state index contributed by atoms with van der Waals surface area (Å²) in [6.07, 6.45) is 3.21. The lowest BCUT2D eigenvalue weighted by atomic mass is 9.96. The van der Waals surface area contributed by atoms with Crippen molar-refractivity contribution in [3.05, 3.63) is 53.1 Å². The highest BCUT2D eigenvalue weighted by atomic mass is 16.5. The summed E-state index contributed by atoms with van der Waals surface area (Å²) in [5.41, 5.74) is 1.77. The minimum absolute atomic E-state index is 0.0235. The molecule has 8 heteroatoms. The Bertz CT molecular complexity index is 1050. The molecule has 3 aromatic rings. The average Bonchev–Trinajstić information content (AvgIpc) is 3.08. The first-order valence-electron chi connectivity index (χ1n) is 9.76. The fraction of sp³-hybridized carbons (Fsp3) is 0.381. The number of likely N-dealkylation sites (tertiary alicyclic amines) is 1. The second-order valence-electron chi connectivity index (χ2n) is 7.15. The van der Waals surface area contributed by atoms with Crippen LogP contribution in [0.25, 0.3) is 11.2 Å². The zero-order valence-electron chi connectivity index (χ0n) is 16.3. The number of nitrogens with zero attached hydrogens (tertiary/aromatic N) is 3. The number of aromatic nitrogens is 2. The fourth-order valence-corrected chi connectivity index (χ4v) is 3.74. The number of benzene rings is 1. The van der Waals surface area contributed by atoms with Crippen LogP contribution in [0.1, 0.15) is 12.8 Å². The number of oxazole rings is 1. The summed E-state index contributed by atoms with van der Waals surface area (Å²) in [5.74, 6) is 0.264. The largest absolute Gasteiger partial charge is 0.495 e. The molecule has 0 radical (unpaired) electrons. The van der Waals surface area contributed by atoms with Crippen molar-refractivity contribution in [3.8, 4) is 5.75 Å². The highest BCUT2D eigenvalue weighted by molar-refractivity contribution is 5.94. The van der Waals surface area contributed by atoms with Gasteiger partial charge in [-0.2, -0.15) is 0 Å². The number of pyridine rings is 1. The number of rotatable bonds is 6. The molecule has 0 spiro atoms. The Morgan fingerprint density at radius 2 is 2.00 bits per heavy atom. The minimum atomic E-state index is -0.384. The number of piperidine rings is 1. The SMILES string of the molecule is COc1ccccc1NC(=O)C1CCN(CCn2c(=O)oc3cccnc32)CC1. The molecule has 152 valence electrons. The molecule has 1 N–H and O–H groups in total. The first kappa shape index (κ1) is 19.2. The number of carbonyl (C=O) groups excluding carboxylic acids is 1. The van der Waals surface area contributed by atoms with E-state index in [1.807, 2.05) is 24.3 Å². The molecule has 3 heterocycles. The van der Waals surface area contributed by atoms with Crippen LogP contribution in [-0.4, -0.2) is 47.1 Å². The fourth-order valence-electron chi connectivity index (χ4n) is 3.74. The number of nitrogens with one attached hydrogen (secondary N) is 1. The van der Waals surface area contributed by atoms with Gasteiger partial charge in [0.2, 0.25) is 5.91 Å². The molecule has 1 aliphatic heterocycles. The Balaban J connectivity index is 1.31. The molecule has 1 amide bonds. The third kappa shape index (κ3) is 4.17. The second-order valence-corrected chi connectivity index (χ2v) is 7.15. The summed E-state index contributed by atoms with van der Waals surface area (Å²) < 4.78 is 12.1. The van der Waals surface area contributed by atoms with Crippen molar-refractivity contribution in [2.75, 3.05) is 32.1 Å². The lowest BCUT2D eigenvalue weighted by Crippen LogP contribution is -2.40. The van der Waals surface area contributed by atoms with Gasteiger partial charge in [-0.3, -0.25) is 9.36 Å². The van der Waals surface area contributed by atoms with Crippen molar-refractivity contribution in [2.24, 2.45) is 5.92 Å². The maximum Gasteiger partial charge on any atom is 0.421 e. The zero-order chi connectivity index (χ0) is 20.2. The molecule has 1 aromatic carbocycles. The van der Waals surface area contributed by atoms with Gasteiger partial charge in [-0.15, -0.1) is 0 Å². The van der Waals surface area contributed by atoms with E-state index in [0.717, 1.165) is 25.9 Å². The maximum atomic E-state index is 12.6. The predicted octanol–water partition coefficient (Wildman–Crippen LogP) is 2.35. The molecule has 0 aliphatic carbocycles. The number of ether oxygens (including phenoxy) is 1. The number of fused-ring (bicyclic) bond motifs is 1. The zero-order valence-corrected chi connectivity index (χ0v) is 16.3. The monoisotopic (exact) mass is 396 g/mol. The van der Waals surface area contributed by atoms with Crippen LogP contribution in [0.3, 0.4) is 0 Å². The number of amides is 1. The van der Waals surface area contributed by atoms with E-state index in [1.54, 1.807) is 30.0 Å². The van der Waals surface area contributed by atoms with Crippen LogP contribution in [-0.2, 0) is 11.3 Å². The number of hydrogen-bond donors (Lipinski definition) is 1. The van der Waals surface area contributed by atoms with Crippen molar-refractivity contribution < 1.29 is 13.9 Å². The Labute approximate surface area is 168 Å². The third-order valence-corrected chi connectivity index (χ3v) is 5.39. The van der Waals surface area contributed by atoms with Gasteiger partial charge in [0.15, 0.2) is 11.2 Å². The number of para-hydroxylation sites is 2. The van der Waals surface area contributed by atoms with E-state index in [1.165, 1.54) is 0 Å². The van der Waals surface area contributed by atoms with Crippen molar-refractivity contribution in [1.82, 2.24) is 14.5 Å². The summed E-state index contributed by atoms with van der Waals surface area (Å²) in [6.45, 7) is 2.84. The summed E-state index contributed by atoms with van der Waals surface area (Å²) in [5, 5.41) is 2.98. The minimum Gasteiger partial charge on any atom is -0.495 e. The van der Waals surface area contributed by atoms with Gasteiger partial charge < -0.3 is 19.4 Å². The Morgan fingerprint density at radius 3 is 2.79 bits per heavy atom. The van der Waals surface area contributed by atoms with E-state index in [-0.39, 0.29) is 17.6 Å². The van der Waals surface area contributed by atoms with Gasteiger partial charge in [-0.1, -0.05) is 12.1 Å². The number of carbonyl (C=O) groups is 1. The van der Waals surface area contributed by atoms with Crippen molar-refractivity contribution in [3.63, 3.8) is 0 Å². The molecule has 0 atom stereocenters. The smallest absolute Gasteiger partial charge is 0.421 e. The van der Waals surface area contributed by atoms with Crippen LogP contribution in [0.4, 0.5) is 5.69 Å². The first-order valence-corrected chi connectivity index (χ1v) is 9.76. The second kappa shape index (κ2) is 8.48. The van der Waals surface area contributed by atoms with Gasteiger partial charge in [0.25, 0.3) is 0 Å². The van der Waals surface area contributed by atoms with Gasteiger partial charge in [-0.25, -0.2) is 9.78 Å². The predicted molar refractivity (Wildman–Crippen MR) is 109 cm³/mol. The van der Waals surface area contributed by atoms with E-state index in [0.29, 0.717) is 35.8 Å². The van der Waals surface area contributed by atoms with E-state index >= 15 is 0 Å². The lowest BCUT2D eigenvalue weighted by Gasteiger charge is -2.31. The molecular weight excluding hydrogens is 372 g/mol. The van der Waals surface area contributed by atoms with Crippen molar-refractivity contribution >= 4 is 22.8 Å². The molecular formula is C21H24N4O4. The molecule has 0 saturated carbocycles. The molecule has 1 aliphatic rings. The molecule has 1 saturated heterocycles. The highest BCUT2D eigenvalue weighted by Gasteiger charge is 2.25. The van der Waals surface area contributed by atoms with E-state index in [9.17, 15) is 9.59 Å². The van der Waals surface area contributed by atoms with E-state index in [4.69, 9.17) is 9.15 Å². The van der Waals surface area contributed by atoms with Crippen LogP contribution in [0.15, 0.2) is 51.8 Å². The molecule has 0 bridgehead atoms. The van der Waals surface area contributed by atoms with Gasteiger partial charge in [0.05, 0.1) is 12.8 Å². The van der Waals surface area contributed by atoms with Crippen LogP contribution in [0.5, 0.6) is 5.75 Å². The lowest BCUT2D eigenvalue weighted by molar-refractivity contribution is -0.121. The maximum absolute atomic E-state index is 12.6. The molecule has 8 nitrogen and oxygen atoms in total. The summed E-state index contributed by atoms with van der Waals surface area (Å²) in [4.78, 5) is 31.2. The number of hydrogen-bond acceptors (Lipinski definition) is 6. The summed E-state index contributed by atoms with van der Waals surface area (Å²) >= 11 is 0. The van der Waals surface area contributed by atoms with Crippen LogP contribution < -0.4 is 15.8 Å². The quantitative estimate of drug-likeness (QED) is 0.688. The standard InChI is InChI=1S/C21H24N4O4/c1-28-17-6-3-2-5-16(17)23-20(26)15-8-11-24(12-9-15)13-14-25-19-18(29-21(25)27)7-4-10-22-19/h2-7,10,15H,8-9,11-14H2,1H3,(H,23,26). The summed E-state index contributed by atoms with van der Waals surface area (Å²) in [7, 11) is 1.59. The van der Waals surface area contributed by atoms with Gasteiger partial charge in [0, 0.05) is 25.2 Å². The van der Waals surface area contributed by atoms with E-state index < -0.39 is 0 Å². The average molecular weight is 396 g/mol. The first-order chi connectivity index (χ1) is 14.2. The topological polar surface area (TPSA) is 89.6 Å². The van der Waals surface area contributed by atoms with Crippen LogP contribution in [0.2, 0.25) is 0 Å². The van der Waals surface area contributed by atoms with Gasteiger partial charge >= 0.3 is 5.76 Å². The normalized spacial score (nSPS) is 15.5.